The molecule has 1 aliphatic rings. The largest absolute Gasteiger partial charge is 0.467 e. The Morgan fingerprint density at radius 3 is 2.00 bits per heavy atom. The third kappa shape index (κ3) is 6.18. The molecule has 0 saturated carbocycles. The lowest BCUT2D eigenvalue weighted by atomic mass is 10.0. The van der Waals surface area contributed by atoms with Crippen LogP contribution in [0.25, 0.3) is 0 Å². The first-order valence-corrected chi connectivity index (χ1v) is 17.1. The minimum atomic E-state index is -2.05. The van der Waals surface area contributed by atoms with Crippen LogP contribution in [-0.2, 0) is 13.6 Å². The van der Waals surface area contributed by atoms with Gasteiger partial charge in [-0.15, -0.1) is 0 Å². The maximum Gasteiger partial charge on any atom is 0.217 e. The average Bonchev–Trinajstić information content (AvgIpc) is 2.65. The van der Waals surface area contributed by atoms with E-state index in [9.17, 15) is 0 Å². The Hall–Kier alpha value is -1.22. The molecule has 0 fully saturated rings. The van der Waals surface area contributed by atoms with E-state index >= 15 is 0 Å². The second kappa shape index (κ2) is 9.34. The van der Waals surface area contributed by atoms with Crippen LogP contribution in [0.4, 0.5) is 0 Å². The van der Waals surface area contributed by atoms with Gasteiger partial charge in [0.05, 0.1) is 6.61 Å². The van der Waals surface area contributed by atoms with Crippen LogP contribution in [0.5, 0.6) is 0 Å². The van der Waals surface area contributed by atoms with Gasteiger partial charge in [-0.2, -0.15) is 0 Å². The third-order valence-corrected chi connectivity index (χ3v) is 16.1. The lowest BCUT2D eigenvalue weighted by molar-refractivity contribution is 0.0192. The zero-order valence-corrected chi connectivity index (χ0v) is 23.3. The van der Waals surface area contributed by atoms with E-state index < -0.39 is 16.6 Å². The van der Waals surface area contributed by atoms with Crippen molar-refractivity contribution in [1.82, 2.24) is 0 Å². The Morgan fingerprint density at radius 1 is 0.968 bits per heavy atom. The predicted octanol–water partition coefficient (Wildman–Crippen LogP) is 6.80. The second-order valence-corrected chi connectivity index (χ2v) is 21.2. The molecule has 0 unspecified atom stereocenters. The molecule has 6 heteroatoms. The molecule has 3 atom stereocenters. The van der Waals surface area contributed by atoms with Crippen molar-refractivity contribution in [3.05, 3.63) is 48.6 Å². The Labute approximate surface area is 192 Å². The quantitative estimate of drug-likeness (QED) is 0.331. The van der Waals surface area contributed by atoms with Crippen LogP contribution >= 0.6 is 0 Å². The fraction of sp³-hybridized carbons (Fsp3) is 0.640. The number of hydrogen-bond donors (Lipinski definition) is 0. The molecule has 0 saturated heterocycles. The molecule has 31 heavy (non-hydrogen) atoms. The summed E-state index contributed by atoms with van der Waals surface area (Å²) in [5.41, 5.74) is 0.970. The molecule has 0 aromatic heterocycles. The van der Waals surface area contributed by atoms with Crippen molar-refractivity contribution in [2.45, 2.75) is 96.1 Å². The SMILES string of the molecule is C=C[C@@H]1OC(c2ccccc2)=N[C@H](CO[Si](C)(C)C(C)(C)C)[C@@H]1O[Si](C)(C)C(C)(C)C. The average molecular weight is 462 g/mol. The van der Waals surface area contributed by atoms with Gasteiger partial charge in [0.25, 0.3) is 0 Å². The highest BCUT2D eigenvalue weighted by Crippen LogP contribution is 2.40. The van der Waals surface area contributed by atoms with Crippen LogP contribution < -0.4 is 0 Å². The van der Waals surface area contributed by atoms with Gasteiger partial charge in [-0.1, -0.05) is 66.3 Å². The molecule has 1 aliphatic heterocycles. The lowest BCUT2D eigenvalue weighted by Crippen LogP contribution is -2.55. The summed E-state index contributed by atoms with van der Waals surface area (Å²) in [6, 6.07) is 9.92. The molecular formula is C25H43NO3Si2. The van der Waals surface area contributed by atoms with E-state index in [0.29, 0.717) is 12.5 Å². The molecular weight excluding hydrogens is 418 g/mol. The summed E-state index contributed by atoms with van der Waals surface area (Å²) in [6.45, 7) is 27.2. The zero-order chi connectivity index (χ0) is 23.7. The van der Waals surface area contributed by atoms with Gasteiger partial charge in [0.15, 0.2) is 16.6 Å². The third-order valence-electron chi connectivity index (χ3n) is 7.14. The predicted molar refractivity (Wildman–Crippen MR) is 137 cm³/mol. The fourth-order valence-electron chi connectivity index (χ4n) is 2.88. The van der Waals surface area contributed by atoms with Gasteiger partial charge in [-0.3, -0.25) is 0 Å². The first-order valence-electron chi connectivity index (χ1n) is 11.3. The molecule has 0 aliphatic carbocycles. The first kappa shape index (κ1) is 26.0. The van der Waals surface area contributed by atoms with Crippen LogP contribution in [0.2, 0.25) is 36.3 Å². The lowest BCUT2D eigenvalue weighted by Gasteiger charge is -2.45. The standard InChI is InChI=1S/C25H43NO3Si2/c1-12-21-22(29-31(10,11)25(5,6)7)20(18-27-30(8,9)24(2,3)4)26-23(28-21)19-16-14-13-15-17-19/h12-17,20-22H,1,18H2,2-11H3/t20-,21+,22+/m1/s1. The minimum absolute atomic E-state index is 0.0903. The van der Waals surface area contributed by atoms with Crippen molar-refractivity contribution in [2.24, 2.45) is 4.99 Å². The van der Waals surface area contributed by atoms with Gasteiger partial charge in [0.1, 0.15) is 18.2 Å². The molecule has 174 valence electrons. The summed E-state index contributed by atoms with van der Waals surface area (Å²) in [5, 5.41) is 0.227. The molecule has 0 radical (unpaired) electrons. The fourth-order valence-corrected chi connectivity index (χ4v) is 5.23. The summed E-state index contributed by atoms with van der Waals surface area (Å²) in [6.07, 6.45) is 1.37. The first-order chi connectivity index (χ1) is 14.1. The van der Waals surface area contributed by atoms with Crippen molar-refractivity contribution >= 4 is 22.5 Å². The Bertz CT molecular complexity index is 776. The van der Waals surface area contributed by atoms with E-state index in [2.05, 4.69) is 74.3 Å². The van der Waals surface area contributed by atoms with E-state index in [-0.39, 0.29) is 28.3 Å². The highest BCUT2D eigenvalue weighted by Gasteiger charge is 2.46. The summed E-state index contributed by atoms with van der Waals surface area (Å²) in [4.78, 5) is 5.02. The van der Waals surface area contributed by atoms with E-state index in [0.717, 1.165) is 5.56 Å². The molecule has 1 aromatic rings. The van der Waals surface area contributed by atoms with Crippen LogP contribution in [0.15, 0.2) is 48.0 Å². The molecule has 0 amide bonds. The number of rotatable bonds is 7. The van der Waals surface area contributed by atoms with Crippen molar-refractivity contribution in [3.63, 3.8) is 0 Å². The van der Waals surface area contributed by atoms with Crippen LogP contribution in [0.1, 0.15) is 47.1 Å². The molecule has 1 aromatic carbocycles. The van der Waals surface area contributed by atoms with E-state index in [1.807, 2.05) is 36.4 Å². The summed E-state index contributed by atoms with van der Waals surface area (Å²) in [7, 11) is -3.97. The Kier molecular flexibility index (Phi) is 7.84. The maximum atomic E-state index is 6.87. The number of aliphatic imine (C=N–C) groups is 1. The molecule has 1 heterocycles. The minimum Gasteiger partial charge on any atom is -0.467 e. The van der Waals surface area contributed by atoms with Gasteiger partial charge in [-0.25, -0.2) is 4.99 Å². The van der Waals surface area contributed by atoms with E-state index in [1.165, 1.54) is 0 Å². The number of hydrogen-bond acceptors (Lipinski definition) is 4. The molecule has 4 nitrogen and oxygen atoms in total. The molecule has 0 bridgehead atoms. The van der Waals surface area contributed by atoms with Crippen molar-refractivity contribution in [3.8, 4) is 0 Å². The maximum absolute atomic E-state index is 6.87. The molecule has 2 rings (SSSR count). The normalized spacial score (nSPS) is 23.2. The second-order valence-electron chi connectivity index (χ2n) is 11.6. The van der Waals surface area contributed by atoms with Gasteiger partial charge in [-0.05, 0) is 54.5 Å². The zero-order valence-electron chi connectivity index (χ0n) is 21.3. The van der Waals surface area contributed by atoms with Crippen LogP contribution in [0, 0.1) is 0 Å². The summed E-state index contributed by atoms with van der Waals surface area (Å²) < 4.78 is 19.8. The molecule has 0 spiro atoms. The van der Waals surface area contributed by atoms with Crippen LogP contribution in [0.3, 0.4) is 0 Å². The van der Waals surface area contributed by atoms with Crippen LogP contribution in [-0.4, -0.2) is 47.4 Å². The highest BCUT2D eigenvalue weighted by molar-refractivity contribution is 6.74. The number of ether oxygens (including phenoxy) is 1. The highest BCUT2D eigenvalue weighted by atomic mass is 28.4. The summed E-state index contributed by atoms with van der Waals surface area (Å²) in [5.74, 6) is 0.643. The van der Waals surface area contributed by atoms with Gasteiger partial charge < -0.3 is 13.6 Å². The Balaban J connectivity index is 2.42. The number of nitrogens with zero attached hydrogens (tertiary/aromatic N) is 1. The van der Waals surface area contributed by atoms with E-state index in [4.69, 9.17) is 18.6 Å². The van der Waals surface area contributed by atoms with E-state index in [1.54, 1.807) is 0 Å². The van der Waals surface area contributed by atoms with Crippen molar-refractivity contribution < 1.29 is 13.6 Å². The number of benzene rings is 1. The van der Waals surface area contributed by atoms with Gasteiger partial charge in [0.2, 0.25) is 5.90 Å². The smallest absolute Gasteiger partial charge is 0.217 e. The van der Waals surface area contributed by atoms with Crippen molar-refractivity contribution in [2.75, 3.05) is 6.61 Å². The Morgan fingerprint density at radius 2 is 1.52 bits per heavy atom. The van der Waals surface area contributed by atoms with Gasteiger partial charge in [0, 0.05) is 5.56 Å². The van der Waals surface area contributed by atoms with Crippen molar-refractivity contribution in [1.29, 1.82) is 0 Å². The summed E-state index contributed by atoms with van der Waals surface area (Å²) >= 11 is 0. The van der Waals surface area contributed by atoms with Gasteiger partial charge >= 0.3 is 0 Å². The topological polar surface area (TPSA) is 40.0 Å². The molecule has 0 N–H and O–H groups in total. The monoisotopic (exact) mass is 461 g/mol.